The first-order chi connectivity index (χ1) is 9.00. The number of aromatic carboxylic acids is 1. The molecule has 2 aromatic rings. The van der Waals surface area contributed by atoms with Crippen LogP contribution in [0.4, 0.5) is 21.5 Å². The van der Waals surface area contributed by atoms with Gasteiger partial charge in [0.2, 0.25) is 0 Å². The van der Waals surface area contributed by atoms with E-state index in [4.69, 9.17) is 5.73 Å². The van der Waals surface area contributed by atoms with Crippen LogP contribution >= 0.6 is 0 Å². The van der Waals surface area contributed by atoms with Gasteiger partial charge in [-0.3, -0.25) is 0 Å². The Kier molecular flexibility index (Phi) is 3.37. The maximum absolute atomic E-state index is 13.7. The van der Waals surface area contributed by atoms with Gasteiger partial charge in [-0.25, -0.2) is 9.18 Å². The molecule has 4 nitrogen and oxygen atoms in total. The fourth-order valence-electron chi connectivity index (χ4n) is 1.87. The molecule has 0 atom stereocenters. The van der Waals surface area contributed by atoms with Crippen molar-refractivity contribution >= 4 is 23.0 Å². The Morgan fingerprint density at radius 1 is 1.21 bits per heavy atom. The number of nitrogens with two attached hydrogens (primary N) is 1. The van der Waals surface area contributed by atoms with Gasteiger partial charge in [0, 0.05) is 12.7 Å². The second-order valence-electron chi connectivity index (χ2n) is 4.09. The van der Waals surface area contributed by atoms with E-state index in [2.05, 4.69) is 0 Å². The minimum atomic E-state index is -1.11. The van der Waals surface area contributed by atoms with Crippen molar-refractivity contribution in [2.24, 2.45) is 0 Å². The number of halogens is 1. The maximum atomic E-state index is 13.7. The molecule has 0 aliphatic rings. The lowest BCUT2D eigenvalue weighted by Crippen LogP contribution is -2.15. The third-order valence-corrected chi connectivity index (χ3v) is 2.83. The normalized spacial score (nSPS) is 10.2. The molecule has 0 saturated carbocycles. The molecule has 98 valence electrons. The Morgan fingerprint density at radius 3 is 2.53 bits per heavy atom. The fourth-order valence-corrected chi connectivity index (χ4v) is 1.87. The van der Waals surface area contributed by atoms with Gasteiger partial charge in [0.05, 0.1) is 16.9 Å². The molecule has 0 bridgehead atoms. The Morgan fingerprint density at radius 2 is 1.89 bits per heavy atom. The molecule has 0 aliphatic heterocycles. The zero-order valence-electron chi connectivity index (χ0n) is 10.3. The van der Waals surface area contributed by atoms with Crippen LogP contribution in [-0.2, 0) is 0 Å². The van der Waals surface area contributed by atoms with Crippen LogP contribution in [0, 0.1) is 5.82 Å². The molecule has 3 N–H and O–H groups in total. The SMILES string of the molecule is CN(c1ccccc1F)c1ccc(N)cc1C(=O)O. The number of rotatable bonds is 3. The van der Waals surface area contributed by atoms with E-state index in [0.29, 0.717) is 17.1 Å². The molecule has 2 rings (SSSR count). The Bertz CT molecular complexity index is 629. The van der Waals surface area contributed by atoms with E-state index in [9.17, 15) is 14.3 Å². The minimum absolute atomic E-state index is 0.0331. The minimum Gasteiger partial charge on any atom is -0.478 e. The van der Waals surface area contributed by atoms with E-state index in [1.54, 1.807) is 37.4 Å². The van der Waals surface area contributed by atoms with E-state index >= 15 is 0 Å². The van der Waals surface area contributed by atoms with E-state index in [-0.39, 0.29) is 5.56 Å². The van der Waals surface area contributed by atoms with Crippen molar-refractivity contribution in [2.75, 3.05) is 17.7 Å². The topological polar surface area (TPSA) is 66.6 Å². The second kappa shape index (κ2) is 4.97. The van der Waals surface area contributed by atoms with Crippen molar-refractivity contribution in [3.63, 3.8) is 0 Å². The van der Waals surface area contributed by atoms with Crippen molar-refractivity contribution in [2.45, 2.75) is 0 Å². The average Bonchev–Trinajstić information content (AvgIpc) is 2.38. The number of anilines is 3. The van der Waals surface area contributed by atoms with E-state index in [1.165, 1.54) is 17.0 Å². The molecule has 0 spiro atoms. The van der Waals surface area contributed by atoms with Crippen LogP contribution in [0.15, 0.2) is 42.5 Å². The van der Waals surface area contributed by atoms with E-state index in [0.717, 1.165) is 0 Å². The Labute approximate surface area is 109 Å². The summed E-state index contributed by atoms with van der Waals surface area (Å²) >= 11 is 0. The molecule has 0 aliphatic carbocycles. The van der Waals surface area contributed by atoms with Gasteiger partial charge in [0.15, 0.2) is 0 Å². The molecular weight excluding hydrogens is 247 g/mol. The lowest BCUT2D eigenvalue weighted by molar-refractivity contribution is 0.0697. The van der Waals surface area contributed by atoms with Gasteiger partial charge in [-0.1, -0.05) is 12.1 Å². The van der Waals surface area contributed by atoms with E-state index < -0.39 is 11.8 Å². The number of hydrogen-bond donors (Lipinski definition) is 2. The number of nitrogen functional groups attached to an aromatic ring is 1. The molecule has 0 aromatic heterocycles. The van der Waals surface area contributed by atoms with Gasteiger partial charge >= 0.3 is 5.97 Å². The first-order valence-corrected chi connectivity index (χ1v) is 5.62. The van der Waals surface area contributed by atoms with Crippen LogP contribution in [0.25, 0.3) is 0 Å². The monoisotopic (exact) mass is 260 g/mol. The molecule has 0 saturated heterocycles. The highest BCUT2D eigenvalue weighted by Gasteiger charge is 2.16. The molecule has 0 heterocycles. The van der Waals surface area contributed by atoms with Gasteiger partial charge in [-0.2, -0.15) is 0 Å². The number of carboxylic acid groups (broad SMARTS) is 1. The van der Waals surface area contributed by atoms with Crippen LogP contribution < -0.4 is 10.6 Å². The third kappa shape index (κ3) is 2.49. The summed E-state index contributed by atoms with van der Waals surface area (Å²) in [4.78, 5) is 12.7. The van der Waals surface area contributed by atoms with Crippen LogP contribution in [-0.4, -0.2) is 18.1 Å². The van der Waals surface area contributed by atoms with E-state index in [1.807, 2.05) is 0 Å². The molecule has 0 fully saturated rings. The number of para-hydroxylation sites is 1. The Hall–Kier alpha value is -2.56. The second-order valence-corrected chi connectivity index (χ2v) is 4.09. The number of benzene rings is 2. The lowest BCUT2D eigenvalue weighted by Gasteiger charge is -2.22. The van der Waals surface area contributed by atoms with Gasteiger partial charge in [-0.05, 0) is 30.3 Å². The zero-order chi connectivity index (χ0) is 14.0. The highest BCUT2D eigenvalue weighted by atomic mass is 19.1. The number of hydrogen-bond acceptors (Lipinski definition) is 3. The maximum Gasteiger partial charge on any atom is 0.337 e. The summed E-state index contributed by atoms with van der Waals surface area (Å²) in [6.45, 7) is 0. The van der Waals surface area contributed by atoms with Crippen LogP contribution in [0.1, 0.15) is 10.4 Å². The molecule has 19 heavy (non-hydrogen) atoms. The first-order valence-electron chi connectivity index (χ1n) is 5.62. The molecular formula is C14H13FN2O2. The summed E-state index contributed by atoms with van der Waals surface area (Å²) in [5.41, 5.74) is 6.64. The van der Waals surface area contributed by atoms with Crippen molar-refractivity contribution in [1.29, 1.82) is 0 Å². The standard InChI is InChI=1S/C14H13FN2O2/c1-17(13-5-3-2-4-11(13)15)12-7-6-9(16)8-10(12)14(18)19/h2-8H,16H2,1H3,(H,18,19). The largest absolute Gasteiger partial charge is 0.478 e. The summed E-state index contributed by atoms with van der Waals surface area (Å²) in [5.74, 6) is -1.52. The summed E-state index contributed by atoms with van der Waals surface area (Å²) in [5, 5.41) is 9.18. The molecule has 0 amide bonds. The molecule has 0 radical (unpaired) electrons. The average molecular weight is 260 g/mol. The van der Waals surface area contributed by atoms with Crippen molar-refractivity contribution in [3.8, 4) is 0 Å². The fraction of sp³-hybridized carbons (Fsp3) is 0.0714. The highest BCUT2D eigenvalue weighted by molar-refractivity contribution is 5.96. The predicted molar refractivity (Wildman–Crippen MR) is 72.3 cm³/mol. The quantitative estimate of drug-likeness (QED) is 0.833. The molecule has 0 unspecified atom stereocenters. The van der Waals surface area contributed by atoms with Gasteiger partial charge in [-0.15, -0.1) is 0 Å². The number of carboxylic acids is 1. The summed E-state index contributed by atoms with van der Waals surface area (Å²) in [6, 6.07) is 10.7. The summed E-state index contributed by atoms with van der Waals surface area (Å²) in [6.07, 6.45) is 0. The Balaban J connectivity index is 2.53. The number of nitrogens with zero attached hydrogens (tertiary/aromatic N) is 1. The zero-order valence-corrected chi connectivity index (χ0v) is 10.3. The van der Waals surface area contributed by atoms with Gasteiger partial charge < -0.3 is 15.7 Å². The van der Waals surface area contributed by atoms with Crippen LogP contribution in [0.5, 0.6) is 0 Å². The molecule has 2 aromatic carbocycles. The van der Waals surface area contributed by atoms with Crippen molar-refractivity contribution < 1.29 is 14.3 Å². The summed E-state index contributed by atoms with van der Waals surface area (Å²) in [7, 11) is 1.61. The number of carbonyl (C=O) groups is 1. The molecule has 5 heteroatoms. The van der Waals surface area contributed by atoms with Crippen LogP contribution in [0.2, 0.25) is 0 Å². The lowest BCUT2D eigenvalue weighted by atomic mass is 10.1. The third-order valence-electron chi connectivity index (χ3n) is 2.83. The summed E-state index contributed by atoms with van der Waals surface area (Å²) < 4.78 is 13.7. The van der Waals surface area contributed by atoms with Crippen molar-refractivity contribution in [1.82, 2.24) is 0 Å². The first kappa shape index (κ1) is 12.9. The smallest absolute Gasteiger partial charge is 0.337 e. The van der Waals surface area contributed by atoms with Crippen LogP contribution in [0.3, 0.4) is 0 Å². The van der Waals surface area contributed by atoms with Gasteiger partial charge in [0.25, 0.3) is 0 Å². The highest BCUT2D eigenvalue weighted by Crippen LogP contribution is 2.30. The van der Waals surface area contributed by atoms with Crippen molar-refractivity contribution in [3.05, 3.63) is 53.8 Å². The predicted octanol–water partition coefficient (Wildman–Crippen LogP) is 2.87. The van der Waals surface area contributed by atoms with Gasteiger partial charge in [0.1, 0.15) is 5.82 Å².